The zero-order chi connectivity index (χ0) is 23.9. The molecule has 0 spiro atoms. The smallest absolute Gasteiger partial charge is 0.438 e. The van der Waals surface area contributed by atoms with Crippen LogP contribution in [0.4, 0.5) is 10.2 Å². The molecule has 1 aromatic rings. The van der Waals surface area contributed by atoms with E-state index in [2.05, 4.69) is 22.2 Å². The van der Waals surface area contributed by atoms with Crippen LogP contribution in [-0.2, 0) is 32.4 Å². The van der Waals surface area contributed by atoms with Gasteiger partial charge < -0.3 is 30.2 Å². The van der Waals surface area contributed by atoms with Crippen LogP contribution in [0.3, 0.4) is 0 Å². The van der Waals surface area contributed by atoms with E-state index in [-0.39, 0.29) is 6.42 Å². The van der Waals surface area contributed by atoms with E-state index in [1.807, 2.05) is 0 Å². The molecule has 180 valence electrons. The summed E-state index contributed by atoms with van der Waals surface area (Å²) in [5, 5.41) is 14.4. The summed E-state index contributed by atoms with van der Waals surface area (Å²) in [6.07, 6.45) is -0.417. The summed E-state index contributed by atoms with van der Waals surface area (Å²) in [6.45, 7) is 1.58. The minimum absolute atomic E-state index is 0.135. The van der Waals surface area contributed by atoms with Gasteiger partial charge in [-0.15, -0.1) is 5.92 Å². The second-order valence-electron chi connectivity index (χ2n) is 7.57. The van der Waals surface area contributed by atoms with Crippen molar-refractivity contribution in [3.8, 4) is 11.8 Å². The Morgan fingerprint density at radius 2 is 2.36 bits per heavy atom. The number of phosphoric ester groups is 1. The molecule has 0 bridgehead atoms. The first-order chi connectivity index (χ1) is 15.7. The number of rotatable bonds is 6. The summed E-state index contributed by atoms with van der Waals surface area (Å²) in [6, 6.07) is 1.63. The molecule has 12 nitrogen and oxygen atoms in total. The Bertz CT molecular complexity index is 1070. The third-order valence-corrected chi connectivity index (χ3v) is 6.63. The number of phosphoric acid groups is 1. The number of nitrogens with one attached hydrogen (secondary N) is 1. The van der Waals surface area contributed by atoms with Crippen molar-refractivity contribution >= 4 is 25.9 Å². The second-order valence-corrected chi connectivity index (χ2v) is 9.19. The van der Waals surface area contributed by atoms with Crippen LogP contribution in [0.1, 0.15) is 44.6 Å². The van der Waals surface area contributed by atoms with Gasteiger partial charge in [-0.1, -0.05) is 12.8 Å². The summed E-state index contributed by atoms with van der Waals surface area (Å²) in [4.78, 5) is 15.5. The molecular weight excluding hydrogens is 462 g/mol. The predicted molar refractivity (Wildman–Crippen MR) is 111 cm³/mol. The summed E-state index contributed by atoms with van der Waals surface area (Å²) in [7, 11) is -4.43. The highest BCUT2D eigenvalue weighted by Gasteiger charge is 2.71. The number of aliphatic hydroxyl groups is 1. The average molecular weight is 486 g/mol. The number of aromatic nitrogens is 1. The zero-order valence-electron chi connectivity index (χ0n) is 17.9. The summed E-state index contributed by atoms with van der Waals surface area (Å²) >= 11 is 0. The Hall–Kier alpha value is -2.30. The summed E-state index contributed by atoms with van der Waals surface area (Å²) in [5.74, 6) is 2.15. The van der Waals surface area contributed by atoms with E-state index in [0.717, 1.165) is 0 Å². The van der Waals surface area contributed by atoms with E-state index in [4.69, 9.17) is 28.8 Å². The van der Waals surface area contributed by atoms with Gasteiger partial charge in [0.2, 0.25) is 12.4 Å². The van der Waals surface area contributed by atoms with E-state index in [9.17, 15) is 14.5 Å². The number of esters is 1. The lowest BCUT2D eigenvalue weighted by Crippen LogP contribution is -2.53. The highest BCUT2D eigenvalue weighted by molar-refractivity contribution is 7.48. The molecule has 6 atom stereocenters. The first-order valence-electron chi connectivity index (χ1n) is 10.2. The molecule has 4 N–H and O–H groups in total. The van der Waals surface area contributed by atoms with Crippen molar-refractivity contribution in [3.05, 3.63) is 17.8 Å². The number of anilines is 1. The van der Waals surface area contributed by atoms with Crippen LogP contribution in [-0.4, -0.2) is 52.9 Å². The minimum atomic E-state index is -4.43. The van der Waals surface area contributed by atoms with Crippen molar-refractivity contribution in [2.24, 2.45) is 10.7 Å². The molecule has 2 saturated heterocycles. The third-order valence-electron chi connectivity index (χ3n) is 5.29. The second kappa shape index (κ2) is 8.81. The van der Waals surface area contributed by atoms with Gasteiger partial charge in [0.1, 0.15) is 18.6 Å². The van der Waals surface area contributed by atoms with Crippen LogP contribution in [0.25, 0.3) is 0 Å². The minimum Gasteiger partial charge on any atom is -0.438 e. The Morgan fingerprint density at radius 1 is 1.58 bits per heavy atom. The Labute approximate surface area is 188 Å². The number of fused-ring (bicyclic) bond motifs is 2. The van der Waals surface area contributed by atoms with Crippen LogP contribution < -0.4 is 11.1 Å². The van der Waals surface area contributed by atoms with Crippen LogP contribution in [0.2, 0.25) is 0 Å². The highest BCUT2D eigenvalue weighted by atomic mass is 31.2. The van der Waals surface area contributed by atoms with Crippen molar-refractivity contribution < 1.29 is 41.9 Å². The molecule has 33 heavy (non-hydrogen) atoms. The molecule has 4 heterocycles. The molecule has 2 fully saturated rings. The van der Waals surface area contributed by atoms with E-state index >= 15 is 4.39 Å². The van der Waals surface area contributed by atoms with Crippen molar-refractivity contribution in [1.29, 1.82) is 0 Å². The number of aliphatic imine (C=N–C) groups is 1. The van der Waals surface area contributed by atoms with Gasteiger partial charge >= 0.3 is 13.8 Å². The number of hydrogen-bond acceptors (Lipinski definition) is 11. The molecule has 3 aliphatic heterocycles. The molecule has 0 aromatic carbocycles. The van der Waals surface area contributed by atoms with Gasteiger partial charge in [-0.05, 0) is 19.4 Å². The van der Waals surface area contributed by atoms with E-state index in [0.29, 0.717) is 17.8 Å². The fourth-order valence-electron chi connectivity index (χ4n) is 3.80. The zero-order valence-corrected chi connectivity index (χ0v) is 18.8. The van der Waals surface area contributed by atoms with Gasteiger partial charge in [-0.25, -0.2) is 13.5 Å². The molecule has 0 radical (unpaired) electrons. The molecule has 1 aromatic heterocycles. The average Bonchev–Trinajstić information content (AvgIpc) is 3.28. The lowest BCUT2D eigenvalue weighted by Gasteiger charge is -2.36. The SMILES string of the molecule is CC#C[C@]1(O)[C@H](n2ccc3c2NC=NC3N)O[C@]2(F)COP(=O)(OCOC(=O)CCC)O[C@@H]12. The Morgan fingerprint density at radius 3 is 3.09 bits per heavy atom. The van der Waals surface area contributed by atoms with Crippen molar-refractivity contribution in [2.45, 2.75) is 56.6 Å². The maximum Gasteiger partial charge on any atom is 0.478 e. The third kappa shape index (κ3) is 4.20. The number of ether oxygens (including phenoxy) is 2. The molecular formula is C19H24FN4O8P. The number of alkyl halides is 1. The van der Waals surface area contributed by atoms with Crippen molar-refractivity contribution in [3.63, 3.8) is 0 Å². The summed E-state index contributed by atoms with van der Waals surface area (Å²) in [5.41, 5.74) is 4.23. The van der Waals surface area contributed by atoms with Gasteiger partial charge in [-0.2, -0.15) is 0 Å². The standard InChI is InChI=1S/C19H24FN4O8P/c1-3-5-13(25)28-11-30-33(27)29-9-19(20)16(32-33)18(26,7-4-2)17(31-19)24-8-6-12-14(21)22-10-23-15(12)24/h6,8,10,14,16-17,26H,3,5,9,11,21H2,1-2H3,(H,22,23)/t14?,16-,17+,18+,19+,33?/m0/s1. The van der Waals surface area contributed by atoms with Gasteiger partial charge in [0.05, 0.1) is 6.34 Å². The number of hydrogen-bond donors (Lipinski definition) is 3. The Balaban J connectivity index is 1.60. The first-order valence-corrected chi connectivity index (χ1v) is 11.6. The van der Waals surface area contributed by atoms with Crippen molar-refractivity contribution in [1.82, 2.24) is 4.57 Å². The predicted octanol–water partition coefficient (Wildman–Crippen LogP) is 1.69. The van der Waals surface area contributed by atoms with Crippen molar-refractivity contribution in [2.75, 3.05) is 18.7 Å². The molecule has 3 aliphatic rings. The number of nitrogens with two attached hydrogens (primary N) is 1. The first kappa shape index (κ1) is 23.8. The molecule has 0 saturated carbocycles. The fourth-order valence-corrected chi connectivity index (χ4v) is 5.09. The van der Waals surface area contributed by atoms with Crippen LogP contribution >= 0.6 is 7.82 Å². The topological polar surface area (TPSA) is 156 Å². The molecule has 0 amide bonds. The quantitative estimate of drug-likeness (QED) is 0.234. The maximum absolute atomic E-state index is 15.8. The highest BCUT2D eigenvalue weighted by Crippen LogP contribution is 2.62. The Kier molecular flexibility index (Phi) is 6.36. The number of carbonyl (C=O) groups is 1. The van der Waals surface area contributed by atoms with E-state index < -0.39 is 57.1 Å². The van der Waals surface area contributed by atoms with Gasteiger partial charge in [-0.3, -0.25) is 18.8 Å². The normalized spacial score (nSPS) is 36.8. The van der Waals surface area contributed by atoms with Gasteiger partial charge in [0, 0.05) is 18.2 Å². The largest absolute Gasteiger partial charge is 0.478 e. The van der Waals surface area contributed by atoms with Gasteiger partial charge in [0.25, 0.3) is 5.85 Å². The summed E-state index contributed by atoms with van der Waals surface area (Å²) < 4.78 is 55.7. The van der Waals surface area contributed by atoms with Crippen LogP contribution in [0, 0.1) is 11.8 Å². The monoisotopic (exact) mass is 486 g/mol. The fraction of sp³-hybridized carbons (Fsp3) is 0.579. The lowest BCUT2D eigenvalue weighted by atomic mass is 9.93. The number of halogens is 1. The van der Waals surface area contributed by atoms with Crippen LogP contribution in [0.5, 0.6) is 0 Å². The van der Waals surface area contributed by atoms with E-state index in [1.54, 1.807) is 13.0 Å². The van der Waals surface area contributed by atoms with Gasteiger partial charge in [0.15, 0.2) is 12.3 Å². The molecule has 0 aliphatic carbocycles. The molecule has 14 heteroatoms. The van der Waals surface area contributed by atoms with Crippen LogP contribution in [0.15, 0.2) is 17.3 Å². The molecule has 4 rings (SSSR count). The molecule has 2 unspecified atom stereocenters. The number of carbonyl (C=O) groups excluding carboxylic acids is 1. The maximum atomic E-state index is 15.8. The lowest BCUT2D eigenvalue weighted by molar-refractivity contribution is -0.222. The van der Waals surface area contributed by atoms with E-state index in [1.165, 1.54) is 24.0 Å². The number of nitrogens with zero attached hydrogens (tertiary/aromatic N) is 2.